The summed E-state index contributed by atoms with van der Waals surface area (Å²) >= 11 is 3.39. The zero-order chi connectivity index (χ0) is 12.3. The van der Waals surface area contributed by atoms with Crippen molar-refractivity contribution in [1.29, 1.82) is 0 Å². The molecule has 1 aromatic carbocycles. The van der Waals surface area contributed by atoms with Gasteiger partial charge in [0.25, 0.3) is 0 Å². The topological polar surface area (TPSA) is 3.24 Å². The molecule has 2 rings (SSSR count). The van der Waals surface area contributed by atoms with Crippen LogP contribution in [0.1, 0.15) is 31.7 Å². The Kier molecular flexibility index (Phi) is 4.43. The maximum Gasteiger partial charge on any atom is 0.129 e. The summed E-state index contributed by atoms with van der Waals surface area (Å²) in [6.07, 6.45) is 3.70. The Labute approximate surface area is 111 Å². The zero-order valence-electron chi connectivity index (χ0n) is 10.3. The normalized spacial score (nSPS) is 21.4. The molecule has 0 saturated carbocycles. The highest BCUT2D eigenvalue weighted by Crippen LogP contribution is 2.28. The molecule has 1 heterocycles. The quantitative estimate of drug-likeness (QED) is 0.734. The Bertz CT molecular complexity index is 380. The van der Waals surface area contributed by atoms with Crippen molar-refractivity contribution in [2.45, 2.75) is 31.5 Å². The maximum atomic E-state index is 13.7. The predicted octanol–water partition coefficient (Wildman–Crippen LogP) is 4.35. The highest BCUT2D eigenvalue weighted by molar-refractivity contribution is 9.08. The van der Waals surface area contributed by atoms with Gasteiger partial charge in [-0.15, -0.1) is 0 Å². The monoisotopic (exact) mass is 299 g/mol. The third-order valence-corrected chi connectivity index (χ3v) is 4.15. The number of alkyl halides is 1. The average molecular weight is 300 g/mol. The average Bonchev–Trinajstić information content (AvgIpc) is 2.54. The van der Waals surface area contributed by atoms with Crippen LogP contribution in [0.4, 0.5) is 10.1 Å². The third-order valence-electron chi connectivity index (χ3n) is 3.59. The number of hydrogen-bond acceptors (Lipinski definition) is 1. The molecule has 0 amide bonds. The van der Waals surface area contributed by atoms with Gasteiger partial charge in [0, 0.05) is 29.7 Å². The SMILES string of the molecule is CC1CCCN(c2cccc(F)c2CBr)CC1. The van der Waals surface area contributed by atoms with Gasteiger partial charge in [-0.1, -0.05) is 28.9 Å². The van der Waals surface area contributed by atoms with Gasteiger partial charge in [-0.2, -0.15) is 0 Å². The lowest BCUT2D eigenvalue weighted by atomic mass is 10.0. The maximum absolute atomic E-state index is 13.7. The summed E-state index contributed by atoms with van der Waals surface area (Å²) in [5.41, 5.74) is 1.86. The minimum absolute atomic E-state index is 0.100. The molecule has 1 unspecified atom stereocenters. The van der Waals surface area contributed by atoms with Gasteiger partial charge in [0.1, 0.15) is 5.82 Å². The second kappa shape index (κ2) is 5.85. The van der Waals surface area contributed by atoms with Gasteiger partial charge in [-0.3, -0.25) is 0 Å². The Balaban J connectivity index is 2.23. The number of halogens is 2. The van der Waals surface area contributed by atoms with Gasteiger partial charge >= 0.3 is 0 Å². The lowest BCUT2D eigenvalue weighted by Gasteiger charge is -2.25. The zero-order valence-corrected chi connectivity index (χ0v) is 11.8. The number of rotatable bonds is 2. The molecule has 1 fully saturated rings. The van der Waals surface area contributed by atoms with Crippen LogP contribution in [0.15, 0.2) is 18.2 Å². The van der Waals surface area contributed by atoms with Crippen LogP contribution in [0, 0.1) is 11.7 Å². The first-order chi connectivity index (χ1) is 8.22. The Morgan fingerprint density at radius 3 is 2.94 bits per heavy atom. The van der Waals surface area contributed by atoms with E-state index >= 15 is 0 Å². The van der Waals surface area contributed by atoms with Crippen LogP contribution in [-0.4, -0.2) is 13.1 Å². The fourth-order valence-corrected chi connectivity index (χ4v) is 3.03. The molecule has 1 saturated heterocycles. The van der Waals surface area contributed by atoms with E-state index in [0.717, 1.165) is 30.3 Å². The minimum Gasteiger partial charge on any atom is -0.371 e. The standard InChI is InChI=1S/C14H19BrFN/c1-11-4-3-8-17(9-7-11)14-6-2-5-13(16)12(14)10-15/h2,5-6,11H,3-4,7-10H2,1H3. The van der Waals surface area contributed by atoms with Gasteiger partial charge < -0.3 is 4.90 Å². The molecule has 0 radical (unpaired) electrons. The first-order valence-corrected chi connectivity index (χ1v) is 7.43. The van der Waals surface area contributed by atoms with E-state index < -0.39 is 0 Å². The van der Waals surface area contributed by atoms with Crippen LogP contribution < -0.4 is 4.90 Å². The van der Waals surface area contributed by atoms with Crippen molar-refractivity contribution in [3.05, 3.63) is 29.6 Å². The van der Waals surface area contributed by atoms with Crippen molar-refractivity contribution in [3.63, 3.8) is 0 Å². The van der Waals surface area contributed by atoms with Crippen molar-refractivity contribution in [3.8, 4) is 0 Å². The number of nitrogens with zero attached hydrogens (tertiary/aromatic N) is 1. The van der Waals surface area contributed by atoms with E-state index in [0.29, 0.717) is 5.33 Å². The van der Waals surface area contributed by atoms with E-state index in [2.05, 4.69) is 27.8 Å². The van der Waals surface area contributed by atoms with Gasteiger partial charge in [0.15, 0.2) is 0 Å². The first kappa shape index (κ1) is 12.9. The minimum atomic E-state index is -0.100. The van der Waals surface area contributed by atoms with E-state index in [1.807, 2.05) is 12.1 Å². The smallest absolute Gasteiger partial charge is 0.129 e. The largest absolute Gasteiger partial charge is 0.371 e. The highest BCUT2D eigenvalue weighted by atomic mass is 79.9. The van der Waals surface area contributed by atoms with Gasteiger partial charge in [-0.05, 0) is 37.3 Å². The second-order valence-electron chi connectivity index (χ2n) is 4.89. The van der Waals surface area contributed by atoms with Crippen LogP contribution in [0.2, 0.25) is 0 Å². The predicted molar refractivity (Wildman–Crippen MR) is 74.3 cm³/mol. The summed E-state index contributed by atoms with van der Waals surface area (Å²) in [6.45, 7) is 4.40. The summed E-state index contributed by atoms with van der Waals surface area (Å²) in [4.78, 5) is 2.34. The van der Waals surface area contributed by atoms with Gasteiger partial charge in [-0.25, -0.2) is 4.39 Å². The molecule has 3 heteroatoms. The molecule has 94 valence electrons. The fraction of sp³-hybridized carbons (Fsp3) is 0.571. The summed E-state index contributed by atoms with van der Waals surface area (Å²) in [6, 6.07) is 5.39. The molecule has 0 N–H and O–H groups in total. The molecule has 1 aliphatic rings. The molecular formula is C14H19BrFN. The van der Waals surface area contributed by atoms with Crippen molar-refractivity contribution in [1.82, 2.24) is 0 Å². The molecular weight excluding hydrogens is 281 g/mol. The lowest BCUT2D eigenvalue weighted by molar-refractivity contribution is 0.521. The second-order valence-corrected chi connectivity index (χ2v) is 5.46. The molecule has 17 heavy (non-hydrogen) atoms. The Hall–Kier alpha value is -0.570. The molecule has 0 bridgehead atoms. The summed E-state index contributed by atoms with van der Waals surface area (Å²) < 4.78 is 13.7. The molecule has 0 aromatic heterocycles. The van der Waals surface area contributed by atoms with Crippen LogP contribution in [-0.2, 0) is 5.33 Å². The lowest BCUT2D eigenvalue weighted by Crippen LogP contribution is -2.25. The van der Waals surface area contributed by atoms with E-state index in [1.165, 1.54) is 19.3 Å². The van der Waals surface area contributed by atoms with Crippen LogP contribution in [0.5, 0.6) is 0 Å². The molecule has 0 aliphatic carbocycles. The van der Waals surface area contributed by atoms with E-state index in [1.54, 1.807) is 6.07 Å². The number of benzene rings is 1. The first-order valence-electron chi connectivity index (χ1n) is 6.30. The molecule has 1 atom stereocenters. The molecule has 1 aliphatic heterocycles. The van der Waals surface area contributed by atoms with Crippen molar-refractivity contribution in [2.75, 3.05) is 18.0 Å². The van der Waals surface area contributed by atoms with Crippen LogP contribution >= 0.6 is 15.9 Å². The summed E-state index contributed by atoms with van der Waals surface area (Å²) in [5.74, 6) is 0.692. The van der Waals surface area contributed by atoms with Crippen molar-refractivity contribution in [2.24, 2.45) is 5.92 Å². The van der Waals surface area contributed by atoms with E-state index in [-0.39, 0.29) is 5.82 Å². The molecule has 1 aromatic rings. The van der Waals surface area contributed by atoms with Crippen molar-refractivity contribution < 1.29 is 4.39 Å². The third kappa shape index (κ3) is 3.01. The van der Waals surface area contributed by atoms with Crippen LogP contribution in [0.25, 0.3) is 0 Å². The molecule has 1 nitrogen and oxygen atoms in total. The van der Waals surface area contributed by atoms with E-state index in [9.17, 15) is 4.39 Å². The van der Waals surface area contributed by atoms with E-state index in [4.69, 9.17) is 0 Å². The highest BCUT2D eigenvalue weighted by Gasteiger charge is 2.17. The van der Waals surface area contributed by atoms with Crippen molar-refractivity contribution >= 4 is 21.6 Å². The van der Waals surface area contributed by atoms with Gasteiger partial charge in [0.05, 0.1) is 0 Å². The fourth-order valence-electron chi connectivity index (χ4n) is 2.48. The number of hydrogen-bond donors (Lipinski definition) is 0. The number of anilines is 1. The van der Waals surface area contributed by atoms with Crippen LogP contribution in [0.3, 0.4) is 0 Å². The Morgan fingerprint density at radius 2 is 2.18 bits per heavy atom. The summed E-state index contributed by atoms with van der Waals surface area (Å²) in [7, 11) is 0. The summed E-state index contributed by atoms with van der Waals surface area (Å²) in [5, 5.41) is 0.584. The van der Waals surface area contributed by atoms with Gasteiger partial charge in [0.2, 0.25) is 0 Å². The Morgan fingerprint density at radius 1 is 1.35 bits per heavy atom. The molecule has 0 spiro atoms.